The van der Waals surface area contributed by atoms with E-state index in [4.69, 9.17) is 4.74 Å². The number of nitrogens with zero attached hydrogens (tertiary/aromatic N) is 1. The van der Waals surface area contributed by atoms with E-state index >= 15 is 0 Å². The smallest absolute Gasteiger partial charge is 0.251 e. The Kier molecular flexibility index (Phi) is 4.60. The highest BCUT2D eigenvalue weighted by molar-refractivity contribution is 5.95. The first-order chi connectivity index (χ1) is 9.58. The summed E-state index contributed by atoms with van der Waals surface area (Å²) in [7, 11) is 1.71. The fourth-order valence-electron chi connectivity index (χ4n) is 2.44. The van der Waals surface area contributed by atoms with Crippen LogP contribution in [0.5, 0.6) is 0 Å². The summed E-state index contributed by atoms with van der Waals surface area (Å²) in [5.41, 5.74) is 1.32. The van der Waals surface area contributed by atoms with Crippen molar-refractivity contribution in [3.8, 4) is 0 Å². The van der Waals surface area contributed by atoms with Gasteiger partial charge in [0.05, 0.1) is 5.60 Å². The normalized spacial score (nSPS) is 16.4. The van der Waals surface area contributed by atoms with Crippen molar-refractivity contribution in [1.82, 2.24) is 10.3 Å². The highest BCUT2D eigenvalue weighted by Gasteiger charge is 2.37. The average Bonchev–Trinajstić information content (AvgIpc) is 2.37. The van der Waals surface area contributed by atoms with Crippen molar-refractivity contribution in [3.05, 3.63) is 23.4 Å². The summed E-state index contributed by atoms with van der Waals surface area (Å²) in [6.45, 7) is 5.24. The molecule has 0 atom stereocenters. The number of amides is 1. The lowest BCUT2D eigenvalue weighted by atomic mass is 9.80. The molecule has 1 aliphatic carbocycles. The molecule has 0 radical (unpaired) electrons. The van der Waals surface area contributed by atoms with Crippen molar-refractivity contribution in [3.63, 3.8) is 0 Å². The van der Waals surface area contributed by atoms with Crippen LogP contribution in [0.2, 0.25) is 0 Å². The number of carbonyl (C=O) groups is 1. The van der Waals surface area contributed by atoms with Gasteiger partial charge in [-0.25, -0.2) is 4.98 Å². The van der Waals surface area contributed by atoms with Crippen LogP contribution >= 0.6 is 0 Å². The van der Waals surface area contributed by atoms with Crippen LogP contribution in [0.1, 0.15) is 42.2 Å². The van der Waals surface area contributed by atoms with Crippen LogP contribution in [-0.4, -0.2) is 36.7 Å². The van der Waals surface area contributed by atoms with Crippen LogP contribution in [-0.2, 0) is 4.74 Å². The average molecular weight is 277 g/mol. The number of anilines is 1. The molecule has 1 aliphatic rings. The lowest BCUT2D eigenvalue weighted by Crippen LogP contribution is -2.49. The zero-order chi connectivity index (χ0) is 14.6. The maximum absolute atomic E-state index is 12.2. The Balaban J connectivity index is 2.01. The zero-order valence-corrected chi connectivity index (χ0v) is 12.5. The van der Waals surface area contributed by atoms with Gasteiger partial charge >= 0.3 is 0 Å². The quantitative estimate of drug-likeness (QED) is 0.836. The van der Waals surface area contributed by atoms with E-state index in [9.17, 15) is 4.79 Å². The van der Waals surface area contributed by atoms with Crippen molar-refractivity contribution >= 4 is 11.7 Å². The standard InChI is InChI=1S/C15H23N3O2/c1-4-16-13-9-12(8-11(2)18-13)14(19)17-10-15(20-3)6-5-7-15/h8-9H,4-7,10H2,1-3H3,(H,16,18)(H,17,19). The molecule has 1 amide bonds. The van der Waals surface area contributed by atoms with Crippen molar-refractivity contribution in [2.75, 3.05) is 25.5 Å². The van der Waals surface area contributed by atoms with E-state index in [-0.39, 0.29) is 11.5 Å². The summed E-state index contributed by atoms with van der Waals surface area (Å²) in [5, 5.41) is 6.10. The van der Waals surface area contributed by atoms with E-state index in [2.05, 4.69) is 15.6 Å². The second-order valence-corrected chi connectivity index (χ2v) is 5.34. The Morgan fingerprint density at radius 2 is 2.20 bits per heavy atom. The molecular weight excluding hydrogens is 254 g/mol. The summed E-state index contributed by atoms with van der Waals surface area (Å²) >= 11 is 0. The molecule has 1 saturated carbocycles. The highest BCUT2D eigenvalue weighted by Crippen LogP contribution is 2.34. The second-order valence-electron chi connectivity index (χ2n) is 5.34. The Labute approximate surface area is 120 Å². The molecule has 1 heterocycles. The van der Waals surface area contributed by atoms with Gasteiger partial charge in [0.25, 0.3) is 5.91 Å². The number of methoxy groups -OCH3 is 1. The van der Waals surface area contributed by atoms with Gasteiger partial charge in [0.15, 0.2) is 0 Å². The first-order valence-electron chi connectivity index (χ1n) is 7.14. The molecule has 20 heavy (non-hydrogen) atoms. The lowest BCUT2D eigenvalue weighted by molar-refractivity contribution is -0.0679. The maximum Gasteiger partial charge on any atom is 0.251 e. The molecule has 0 saturated heterocycles. The number of aromatic nitrogens is 1. The minimum Gasteiger partial charge on any atom is -0.376 e. The van der Waals surface area contributed by atoms with Gasteiger partial charge in [-0.3, -0.25) is 4.79 Å². The molecule has 0 aromatic carbocycles. The Morgan fingerprint density at radius 1 is 1.45 bits per heavy atom. The molecular formula is C15H23N3O2. The van der Waals surface area contributed by atoms with Crippen LogP contribution in [0.25, 0.3) is 0 Å². The number of hydrogen-bond acceptors (Lipinski definition) is 4. The van der Waals surface area contributed by atoms with Gasteiger partial charge in [-0.1, -0.05) is 0 Å². The van der Waals surface area contributed by atoms with Crippen molar-refractivity contribution < 1.29 is 9.53 Å². The van der Waals surface area contributed by atoms with Crippen LogP contribution in [0.15, 0.2) is 12.1 Å². The lowest BCUT2D eigenvalue weighted by Gasteiger charge is -2.40. The second kappa shape index (κ2) is 6.22. The third-order valence-electron chi connectivity index (χ3n) is 3.84. The van der Waals surface area contributed by atoms with Gasteiger partial charge in [-0.05, 0) is 45.2 Å². The predicted octanol–water partition coefficient (Wildman–Crippen LogP) is 2.12. The Morgan fingerprint density at radius 3 is 2.75 bits per heavy atom. The van der Waals surface area contributed by atoms with Gasteiger partial charge in [-0.2, -0.15) is 0 Å². The third-order valence-corrected chi connectivity index (χ3v) is 3.84. The molecule has 0 spiro atoms. The predicted molar refractivity (Wildman–Crippen MR) is 79.1 cm³/mol. The Hall–Kier alpha value is -1.62. The number of aryl methyl sites for hydroxylation is 1. The van der Waals surface area contributed by atoms with Crippen LogP contribution in [0.3, 0.4) is 0 Å². The number of carbonyl (C=O) groups excluding carboxylic acids is 1. The fraction of sp³-hybridized carbons (Fsp3) is 0.600. The van der Waals surface area contributed by atoms with Gasteiger partial charge < -0.3 is 15.4 Å². The van der Waals surface area contributed by atoms with E-state index in [0.29, 0.717) is 12.1 Å². The summed E-state index contributed by atoms with van der Waals surface area (Å²) in [5.74, 6) is 0.667. The summed E-state index contributed by atoms with van der Waals surface area (Å²) in [6.07, 6.45) is 3.20. The molecule has 1 aromatic rings. The van der Waals surface area contributed by atoms with Crippen LogP contribution in [0.4, 0.5) is 5.82 Å². The monoisotopic (exact) mass is 277 g/mol. The third kappa shape index (κ3) is 3.28. The topological polar surface area (TPSA) is 63.2 Å². The largest absolute Gasteiger partial charge is 0.376 e. The molecule has 5 heteroatoms. The fourth-order valence-corrected chi connectivity index (χ4v) is 2.44. The van der Waals surface area contributed by atoms with Crippen LogP contribution in [0, 0.1) is 6.92 Å². The molecule has 2 rings (SSSR count). The summed E-state index contributed by atoms with van der Waals surface area (Å²) < 4.78 is 5.51. The van der Waals surface area contributed by atoms with Crippen molar-refractivity contribution in [2.45, 2.75) is 38.7 Å². The number of hydrogen-bond donors (Lipinski definition) is 2. The van der Waals surface area contributed by atoms with Gasteiger partial charge in [0.1, 0.15) is 5.82 Å². The van der Waals surface area contributed by atoms with Crippen LogP contribution < -0.4 is 10.6 Å². The first kappa shape index (κ1) is 14.8. The number of pyridine rings is 1. The van der Waals surface area contributed by atoms with E-state index < -0.39 is 0 Å². The highest BCUT2D eigenvalue weighted by atomic mass is 16.5. The molecule has 5 nitrogen and oxygen atoms in total. The minimum absolute atomic E-state index is 0.0713. The number of rotatable bonds is 6. The van der Waals surface area contributed by atoms with E-state index in [1.165, 1.54) is 6.42 Å². The van der Waals surface area contributed by atoms with Gasteiger partial charge in [0, 0.05) is 31.5 Å². The molecule has 1 aromatic heterocycles. The number of nitrogens with one attached hydrogen (secondary N) is 2. The summed E-state index contributed by atoms with van der Waals surface area (Å²) in [6, 6.07) is 3.59. The molecule has 0 bridgehead atoms. The maximum atomic E-state index is 12.2. The molecule has 0 unspecified atom stereocenters. The molecule has 0 aliphatic heterocycles. The Bertz CT molecular complexity index is 478. The van der Waals surface area contributed by atoms with Crippen molar-refractivity contribution in [2.24, 2.45) is 0 Å². The number of ether oxygens (including phenoxy) is 1. The van der Waals surface area contributed by atoms with Gasteiger partial charge in [0.2, 0.25) is 0 Å². The van der Waals surface area contributed by atoms with E-state index in [1.54, 1.807) is 19.2 Å². The molecule has 110 valence electrons. The molecule has 2 N–H and O–H groups in total. The first-order valence-corrected chi connectivity index (χ1v) is 7.14. The summed E-state index contributed by atoms with van der Waals surface area (Å²) in [4.78, 5) is 16.6. The van der Waals surface area contributed by atoms with Crippen molar-refractivity contribution in [1.29, 1.82) is 0 Å². The SMILES string of the molecule is CCNc1cc(C(=O)NCC2(OC)CCC2)cc(C)n1. The van der Waals surface area contributed by atoms with Gasteiger partial charge in [-0.15, -0.1) is 0 Å². The van der Waals surface area contributed by atoms with E-state index in [0.717, 1.165) is 30.9 Å². The minimum atomic E-state index is -0.151. The zero-order valence-electron chi connectivity index (χ0n) is 12.5. The van der Waals surface area contributed by atoms with E-state index in [1.807, 2.05) is 13.8 Å². The molecule has 1 fully saturated rings.